The fourth-order valence-corrected chi connectivity index (χ4v) is 4.50. The van der Waals surface area contributed by atoms with Gasteiger partial charge in [-0.05, 0) is 56.2 Å². The summed E-state index contributed by atoms with van der Waals surface area (Å²) in [5.74, 6) is 1.32. The molecule has 0 spiro atoms. The van der Waals surface area contributed by atoms with Crippen LogP contribution < -0.4 is 15.5 Å². The highest BCUT2D eigenvalue weighted by Gasteiger charge is 2.18. The van der Waals surface area contributed by atoms with Crippen LogP contribution >= 0.6 is 0 Å². The van der Waals surface area contributed by atoms with Gasteiger partial charge in [-0.15, -0.1) is 0 Å². The van der Waals surface area contributed by atoms with E-state index in [1.807, 2.05) is 0 Å². The molecule has 0 unspecified atom stereocenters. The number of aliphatic imine (C=N–C) groups is 1. The lowest BCUT2D eigenvalue weighted by Crippen LogP contribution is -2.39. The quantitative estimate of drug-likeness (QED) is 0.241. The largest absolute Gasteiger partial charge is 0.396 e. The van der Waals surface area contributed by atoms with Gasteiger partial charge in [0.05, 0.1) is 19.3 Å². The van der Waals surface area contributed by atoms with E-state index in [2.05, 4.69) is 46.7 Å². The number of benzene rings is 1. The lowest BCUT2D eigenvalue weighted by atomic mass is 9.97. The van der Waals surface area contributed by atoms with Crippen LogP contribution in [-0.4, -0.2) is 56.6 Å². The number of aliphatic hydroxyl groups is 1. The number of aliphatic hydroxyl groups excluding tert-OH is 1. The molecule has 174 valence electrons. The van der Waals surface area contributed by atoms with Crippen molar-refractivity contribution in [1.82, 2.24) is 10.6 Å². The maximum Gasteiger partial charge on any atom is 0.191 e. The normalized spacial score (nSPS) is 19.3. The minimum Gasteiger partial charge on any atom is -0.396 e. The third kappa shape index (κ3) is 8.34. The van der Waals surface area contributed by atoms with Gasteiger partial charge < -0.3 is 25.4 Å². The molecule has 3 rings (SSSR count). The minimum absolute atomic E-state index is 0.319. The molecule has 1 aliphatic heterocycles. The molecule has 6 nitrogen and oxygen atoms in total. The second-order valence-corrected chi connectivity index (χ2v) is 8.89. The van der Waals surface area contributed by atoms with Gasteiger partial charge in [-0.3, -0.25) is 0 Å². The number of hydrogen-bond donors (Lipinski definition) is 3. The van der Waals surface area contributed by atoms with Crippen LogP contribution in [0.2, 0.25) is 0 Å². The summed E-state index contributed by atoms with van der Waals surface area (Å²) in [6.07, 6.45) is 10.3. The van der Waals surface area contributed by atoms with E-state index < -0.39 is 0 Å². The van der Waals surface area contributed by atoms with Crippen molar-refractivity contribution in [2.45, 2.75) is 70.9 Å². The van der Waals surface area contributed by atoms with Gasteiger partial charge >= 0.3 is 0 Å². The topological polar surface area (TPSA) is 69.1 Å². The van der Waals surface area contributed by atoms with Gasteiger partial charge in [-0.25, -0.2) is 4.99 Å². The van der Waals surface area contributed by atoms with Gasteiger partial charge in [-0.1, -0.05) is 37.8 Å². The summed E-state index contributed by atoms with van der Waals surface area (Å²) in [7, 11) is 0. The molecule has 1 saturated carbocycles. The summed E-state index contributed by atoms with van der Waals surface area (Å²) in [5.41, 5.74) is 2.48. The maximum atomic E-state index is 9.32. The molecule has 6 heteroatoms. The summed E-state index contributed by atoms with van der Waals surface area (Å²) in [6, 6.07) is 8.75. The molecule has 0 radical (unpaired) electrons. The third-order valence-corrected chi connectivity index (χ3v) is 6.49. The Kier molecular flexibility index (Phi) is 10.5. The zero-order valence-electron chi connectivity index (χ0n) is 19.3. The standard InChI is InChI=1S/C25H42N4O2/c1-2-26-25(27-15-18-31-24-7-5-3-4-6-8-24)28-19-21-9-11-23(12-10-21)29-16-13-22(20-30)14-17-29/h9-12,22,24,30H,2-8,13-20H2,1H3,(H2,26,27,28). The first-order valence-corrected chi connectivity index (χ1v) is 12.4. The Balaban J connectivity index is 1.41. The van der Waals surface area contributed by atoms with Crippen molar-refractivity contribution in [1.29, 1.82) is 0 Å². The molecule has 1 saturated heterocycles. The second-order valence-electron chi connectivity index (χ2n) is 8.89. The molecule has 1 aliphatic carbocycles. The van der Waals surface area contributed by atoms with Crippen molar-refractivity contribution >= 4 is 11.6 Å². The molecule has 0 amide bonds. The van der Waals surface area contributed by atoms with Crippen LogP contribution in [-0.2, 0) is 11.3 Å². The molecule has 1 heterocycles. The fraction of sp³-hybridized carbons (Fsp3) is 0.720. The van der Waals surface area contributed by atoms with Crippen molar-refractivity contribution in [2.75, 3.05) is 44.3 Å². The zero-order valence-corrected chi connectivity index (χ0v) is 19.3. The number of anilines is 1. The van der Waals surface area contributed by atoms with Crippen LogP contribution in [0.4, 0.5) is 5.69 Å². The van der Waals surface area contributed by atoms with Crippen LogP contribution in [0.25, 0.3) is 0 Å². The SMILES string of the molecule is CCNC(=NCc1ccc(N2CCC(CO)CC2)cc1)NCCOC1CCCCCC1. The molecule has 0 atom stereocenters. The van der Waals surface area contributed by atoms with E-state index >= 15 is 0 Å². The fourth-order valence-electron chi connectivity index (χ4n) is 4.50. The highest BCUT2D eigenvalue weighted by atomic mass is 16.5. The summed E-state index contributed by atoms with van der Waals surface area (Å²) < 4.78 is 6.08. The molecule has 0 aromatic heterocycles. The summed E-state index contributed by atoms with van der Waals surface area (Å²) in [4.78, 5) is 7.16. The molecule has 1 aromatic rings. The van der Waals surface area contributed by atoms with Crippen molar-refractivity contribution in [3.63, 3.8) is 0 Å². The van der Waals surface area contributed by atoms with Crippen molar-refractivity contribution in [3.05, 3.63) is 29.8 Å². The Bertz CT molecular complexity index is 633. The molecule has 31 heavy (non-hydrogen) atoms. The van der Waals surface area contributed by atoms with Gasteiger partial charge in [0.2, 0.25) is 0 Å². The average Bonchev–Trinajstić information content (AvgIpc) is 3.09. The molecule has 2 fully saturated rings. The van der Waals surface area contributed by atoms with Gasteiger partial charge in [0.1, 0.15) is 0 Å². The van der Waals surface area contributed by atoms with E-state index in [0.717, 1.165) is 51.6 Å². The lowest BCUT2D eigenvalue weighted by Gasteiger charge is -2.32. The smallest absolute Gasteiger partial charge is 0.191 e. The monoisotopic (exact) mass is 430 g/mol. The van der Waals surface area contributed by atoms with Crippen LogP contribution in [0.1, 0.15) is 63.9 Å². The number of guanidine groups is 1. The Labute approximate surface area is 188 Å². The van der Waals surface area contributed by atoms with Gasteiger partial charge in [0.15, 0.2) is 5.96 Å². The van der Waals surface area contributed by atoms with Crippen LogP contribution in [0.15, 0.2) is 29.3 Å². The van der Waals surface area contributed by atoms with Crippen LogP contribution in [0.5, 0.6) is 0 Å². The molecular weight excluding hydrogens is 388 g/mol. The van der Waals surface area contributed by atoms with Gasteiger partial charge in [0, 0.05) is 38.5 Å². The predicted molar refractivity (Wildman–Crippen MR) is 129 cm³/mol. The Morgan fingerprint density at radius 2 is 1.74 bits per heavy atom. The number of nitrogens with one attached hydrogen (secondary N) is 2. The van der Waals surface area contributed by atoms with Gasteiger partial charge in [0.25, 0.3) is 0 Å². The Morgan fingerprint density at radius 3 is 2.39 bits per heavy atom. The molecule has 0 bridgehead atoms. The summed E-state index contributed by atoms with van der Waals surface area (Å²) in [6.45, 7) is 7.49. The number of piperidine rings is 1. The van der Waals surface area contributed by atoms with E-state index in [9.17, 15) is 5.11 Å². The van der Waals surface area contributed by atoms with E-state index in [0.29, 0.717) is 25.2 Å². The molecular formula is C25H42N4O2. The number of rotatable bonds is 9. The minimum atomic E-state index is 0.319. The van der Waals surface area contributed by atoms with E-state index in [-0.39, 0.29) is 0 Å². The first-order chi connectivity index (χ1) is 15.3. The first-order valence-electron chi connectivity index (χ1n) is 12.4. The number of nitrogens with zero attached hydrogens (tertiary/aromatic N) is 2. The molecule has 3 N–H and O–H groups in total. The highest BCUT2D eigenvalue weighted by molar-refractivity contribution is 5.79. The molecule has 2 aliphatic rings. The average molecular weight is 431 g/mol. The van der Waals surface area contributed by atoms with E-state index in [1.54, 1.807) is 0 Å². The zero-order chi connectivity index (χ0) is 21.7. The van der Waals surface area contributed by atoms with Crippen molar-refractivity contribution in [3.8, 4) is 0 Å². The Morgan fingerprint density at radius 1 is 1.03 bits per heavy atom. The van der Waals surface area contributed by atoms with Crippen LogP contribution in [0.3, 0.4) is 0 Å². The Hall–Kier alpha value is -1.79. The van der Waals surface area contributed by atoms with Gasteiger partial charge in [-0.2, -0.15) is 0 Å². The molecule has 1 aromatic carbocycles. The van der Waals surface area contributed by atoms with Crippen molar-refractivity contribution in [2.24, 2.45) is 10.9 Å². The first kappa shape index (κ1) is 23.9. The maximum absolute atomic E-state index is 9.32. The number of hydrogen-bond acceptors (Lipinski definition) is 4. The van der Waals surface area contributed by atoms with Crippen LogP contribution in [0, 0.1) is 5.92 Å². The summed E-state index contributed by atoms with van der Waals surface area (Å²) in [5, 5.41) is 16.0. The second kappa shape index (κ2) is 13.6. The van der Waals surface area contributed by atoms with Crippen molar-refractivity contribution < 1.29 is 9.84 Å². The lowest BCUT2D eigenvalue weighted by molar-refractivity contribution is 0.0468. The summed E-state index contributed by atoms with van der Waals surface area (Å²) >= 11 is 0. The third-order valence-electron chi connectivity index (χ3n) is 6.49. The highest BCUT2D eigenvalue weighted by Crippen LogP contribution is 2.23. The predicted octanol–water partition coefficient (Wildman–Crippen LogP) is 3.69. The number of ether oxygens (including phenoxy) is 1. The van der Waals surface area contributed by atoms with E-state index in [1.165, 1.54) is 49.8 Å². The van der Waals surface area contributed by atoms with E-state index in [4.69, 9.17) is 9.73 Å².